The SMILES string of the molecule is CC1(C)CCN(Cc2ccc(N3CC(=O)NC4(CCN(c5cc(NCCCNC(=O)C=COCCOCCNc6cccc7c6C(=O)N(C6CCC(=O)NC6=O)C7=O)ncn5)CC4)C3)cc2)CC1. The summed E-state index contributed by atoms with van der Waals surface area (Å²) in [5.74, 6) is -0.938. The van der Waals surface area contributed by atoms with Gasteiger partial charge in [-0.2, -0.15) is 0 Å². The lowest BCUT2D eigenvalue weighted by molar-refractivity contribution is -0.136. The van der Waals surface area contributed by atoms with Crippen molar-refractivity contribution in [2.75, 3.05) is 99.2 Å². The third-order valence-corrected chi connectivity index (χ3v) is 13.5. The number of amides is 6. The highest BCUT2D eigenvalue weighted by atomic mass is 16.5. The molecule has 1 aromatic heterocycles. The number of hydrogen-bond donors (Lipinski definition) is 5. The van der Waals surface area contributed by atoms with Crippen LogP contribution in [-0.4, -0.2) is 146 Å². The maximum atomic E-state index is 13.2. The number of piperidine rings is 3. The van der Waals surface area contributed by atoms with E-state index in [0.29, 0.717) is 49.5 Å². The minimum Gasteiger partial charge on any atom is -0.499 e. The van der Waals surface area contributed by atoms with Crippen LogP contribution < -0.4 is 36.4 Å². The van der Waals surface area contributed by atoms with Gasteiger partial charge in [-0.1, -0.05) is 32.0 Å². The average molecular weight is 934 g/mol. The molecule has 4 fully saturated rings. The van der Waals surface area contributed by atoms with E-state index in [-0.39, 0.29) is 61.1 Å². The fraction of sp³-hybridized carbons (Fsp3) is 0.510. The third-order valence-electron chi connectivity index (χ3n) is 13.5. The molecule has 19 heteroatoms. The van der Waals surface area contributed by atoms with Gasteiger partial charge in [0.25, 0.3) is 11.8 Å². The lowest BCUT2D eigenvalue weighted by atomic mass is 9.82. The van der Waals surface area contributed by atoms with E-state index in [2.05, 4.69) is 89.4 Å². The molecule has 5 aliphatic rings. The number of piperazine rings is 1. The Hall–Kier alpha value is -6.60. The topological polar surface area (TPSA) is 220 Å². The van der Waals surface area contributed by atoms with Crippen LogP contribution in [-0.2, 0) is 35.2 Å². The zero-order chi connectivity index (χ0) is 47.7. The van der Waals surface area contributed by atoms with Crippen molar-refractivity contribution in [2.45, 2.75) is 76.9 Å². The summed E-state index contributed by atoms with van der Waals surface area (Å²) in [7, 11) is 0. The summed E-state index contributed by atoms with van der Waals surface area (Å²) >= 11 is 0. The fourth-order valence-electron chi connectivity index (χ4n) is 9.48. The minimum absolute atomic E-state index is 0.0488. The first-order valence-electron chi connectivity index (χ1n) is 23.8. The molecule has 4 saturated heterocycles. The zero-order valence-electron chi connectivity index (χ0n) is 39.0. The third kappa shape index (κ3) is 11.9. The monoisotopic (exact) mass is 933 g/mol. The molecule has 1 unspecified atom stereocenters. The predicted molar refractivity (Wildman–Crippen MR) is 255 cm³/mol. The fourth-order valence-corrected chi connectivity index (χ4v) is 9.48. The highest BCUT2D eigenvalue weighted by molar-refractivity contribution is 6.25. The van der Waals surface area contributed by atoms with Gasteiger partial charge in [-0.05, 0) is 86.9 Å². The number of fused-ring (bicyclic) bond motifs is 1. The number of carbonyl (C=O) groups excluding carboxylic acids is 6. The summed E-state index contributed by atoms with van der Waals surface area (Å²) in [4.78, 5) is 92.5. The van der Waals surface area contributed by atoms with Crippen LogP contribution >= 0.6 is 0 Å². The molecule has 1 spiro atoms. The molecule has 0 bridgehead atoms. The van der Waals surface area contributed by atoms with E-state index in [9.17, 15) is 28.8 Å². The Bertz CT molecular complexity index is 2360. The predicted octanol–water partition coefficient (Wildman–Crippen LogP) is 3.05. The maximum absolute atomic E-state index is 13.2. The highest BCUT2D eigenvalue weighted by Crippen LogP contribution is 2.34. The van der Waals surface area contributed by atoms with Crippen LogP contribution in [0.3, 0.4) is 0 Å². The van der Waals surface area contributed by atoms with Crippen molar-refractivity contribution in [2.24, 2.45) is 5.41 Å². The number of rotatable bonds is 19. The molecule has 0 aliphatic carbocycles. The molecule has 68 heavy (non-hydrogen) atoms. The highest BCUT2D eigenvalue weighted by Gasteiger charge is 2.46. The number of nitrogens with zero attached hydrogens (tertiary/aromatic N) is 6. The van der Waals surface area contributed by atoms with Crippen molar-refractivity contribution in [1.29, 1.82) is 0 Å². The molecule has 5 N–H and O–H groups in total. The van der Waals surface area contributed by atoms with Gasteiger partial charge in [0, 0.05) is 75.8 Å². The van der Waals surface area contributed by atoms with Gasteiger partial charge in [0.1, 0.15) is 30.6 Å². The molecular formula is C49H63N11O8. The van der Waals surface area contributed by atoms with Crippen LogP contribution in [0.1, 0.15) is 85.1 Å². The van der Waals surface area contributed by atoms with Crippen LogP contribution in [0.25, 0.3) is 0 Å². The quantitative estimate of drug-likeness (QED) is 0.0505. The van der Waals surface area contributed by atoms with Gasteiger partial charge in [-0.3, -0.25) is 43.9 Å². The number of imide groups is 2. The number of nitrogens with one attached hydrogen (secondary N) is 5. The number of hydrogen-bond acceptors (Lipinski definition) is 15. The number of likely N-dealkylation sites (tertiary alicyclic amines) is 1. The van der Waals surface area contributed by atoms with Crippen LogP contribution in [0.15, 0.2) is 67.2 Å². The first kappa shape index (κ1) is 47.9. The van der Waals surface area contributed by atoms with E-state index in [1.54, 1.807) is 18.5 Å². The van der Waals surface area contributed by atoms with Crippen LogP contribution in [0.4, 0.5) is 23.0 Å². The van der Waals surface area contributed by atoms with Crippen molar-refractivity contribution in [1.82, 2.24) is 35.7 Å². The number of anilines is 4. The average Bonchev–Trinajstić information content (AvgIpc) is 3.58. The summed E-state index contributed by atoms with van der Waals surface area (Å²) in [6.45, 7) is 12.7. The van der Waals surface area contributed by atoms with E-state index in [1.165, 1.54) is 36.8 Å². The first-order chi connectivity index (χ1) is 32.8. The number of carbonyl (C=O) groups is 6. The van der Waals surface area contributed by atoms with Gasteiger partial charge >= 0.3 is 0 Å². The lowest BCUT2D eigenvalue weighted by Gasteiger charge is -2.48. The molecule has 6 amide bonds. The van der Waals surface area contributed by atoms with Gasteiger partial charge < -0.3 is 40.5 Å². The van der Waals surface area contributed by atoms with E-state index in [4.69, 9.17) is 9.47 Å². The molecule has 19 nitrogen and oxygen atoms in total. The number of benzene rings is 2. The van der Waals surface area contributed by atoms with Crippen molar-refractivity contribution >= 4 is 58.5 Å². The Balaban J connectivity index is 0.678. The largest absolute Gasteiger partial charge is 0.499 e. The molecule has 0 saturated carbocycles. The Morgan fingerprint density at radius 3 is 2.43 bits per heavy atom. The number of aromatic nitrogens is 2. The maximum Gasteiger partial charge on any atom is 0.264 e. The van der Waals surface area contributed by atoms with Gasteiger partial charge in [0.05, 0.1) is 42.7 Å². The Kier molecular flexibility index (Phi) is 15.2. The minimum atomic E-state index is -1.04. The molecule has 2 aromatic carbocycles. The second kappa shape index (κ2) is 21.6. The van der Waals surface area contributed by atoms with Crippen molar-refractivity contribution in [3.8, 4) is 0 Å². The molecule has 8 rings (SSSR count). The van der Waals surface area contributed by atoms with Crippen LogP contribution in [0.5, 0.6) is 0 Å². The smallest absolute Gasteiger partial charge is 0.264 e. The lowest BCUT2D eigenvalue weighted by Crippen LogP contribution is -2.66. The molecule has 6 heterocycles. The zero-order valence-corrected chi connectivity index (χ0v) is 39.0. The van der Waals surface area contributed by atoms with Crippen molar-refractivity contribution in [3.05, 3.63) is 83.9 Å². The molecular weight excluding hydrogens is 871 g/mol. The summed E-state index contributed by atoms with van der Waals surface area (Å²) < 4.78 is 11.0. The second-order valence-corrected chi connectivity index (χ2v) is 19.0. The number of ether oxygens (including phenoxy) is 2. The molecule has 362 valence electrons. The molecule has 3 aromatic rings. The van der Waals surface area contributed by atoms with Gasteiger partial charge in [-0.15, -0.1) is 0 Å². The Morgan fingerprint density at radius 1 is 0.853 bits per heavy atom. The van der Waals surface area contributed by atoms with Gasteiger partial charge in [0.2, 0.25) is 23.6 Å². The summed E-state index contributed by atoms with van der Waals surface area (Å²) in [5.41, 5.74) is 3.36. The Morgan fingerprint density at radius 2 is 1.65 bits per heavy atom. The van der Waals surface area contributed by atoms with Crippen molar-refractivity contribution in [3.63, 3.8) is 0 Å². The molecule has 5 aliphatic heterocycles. The summed E-state index contributed by atoms with van der Waals surface area (Å²) in [5, 5.41) is 14.8. The van der Waals surface area contributed by atoms with Crippen molar-refractivity contribution < 1.29 is 38.2 Å². The van der Waals surface area contributed by atoms with Crippen LogP contribution in [0, 0.1) is 5.41 Å². The first-order valence-corrected chi connectivity index (χ1v) is 23.8. The molecule has 0 radical (unpaired) electrons. The van der Waals surface area contributed by atoms with E-state index < -0.39 is 29.7 Å². The van der Waals surface area contributed by atoms with Gasteiger partial charge in [-0.25, -0.2) is 9.97 Å². The van der Waals surface area contributed by atoms with Gasteiger partial charge in [0.15, 0.2) is 0 Å². The van der Waals surface area contributed by atoms with E-state index in [1.807, 2.05) is 6.07 Å². The second-order valence-electron chi connectivity index (χ2n) is 19.0. The van der Waals surface area contributed by atoms with E-state index in [0.717, 1.165) is 68.5 Å². The summed E-state index contributed by atoms with van der Waals surface area (Å²) in [6, 6.07) is 14.5. The summed E-state index contributed by atoms with van der Waals surface area (Å²) in [6.07, 6.45) is 9.05. The standard InChI is InChI=1S/C49H63N11O8/c1-48(2)14-21-57(22-15-48)30-34-7-9-35(10-8-34)59-31-43(63)56-49(32-59)16-23-58(24-17-49)40-29-39(53-33-54-40)51-18-4-19-52-41(61)13-25-67-27-28-68-26-20-50-37-6-3-5-36-44(37)47(66)60(46(36)65)38-11-12-42(62)55-45(38)64/h3,5-10,13,25,29,33,38,50H,4,11-12,14-24,26-28,30-32H2,1-2H3,(H,52,61)(H,56,63)(H,51,53,54)(H,55,62,64). The van der Waals surface area contributed by atoms with Crippen LogP contribution in [0.2, 0.25) is 0 Å². The normalized spacial score (nSPS) is 20.4. The van der Waals surface area contributed by atoms with E-state index >= 15 is 0 Å². The Labute approximate surface area is 396 Å². The molecule has 1 atom stereocenters.